The molecule has 0 spiro atoms. The molecule has 0 aromatic heterocycles. The quantitative estimate of drug-likeness (QED) is 0.637. The van der Waals surface area contributed by atoms with Crippen LogP contribution < -0.4 is 4.74 Å². The first-order valence-electron chi connectivity index (χ1n) is 9.72. The van der Waals surface area contributed by atoms with E-state index >= 15 is 0 Å². The lowest BCUT2D eigenvalue weighted by molar-refractivity contribution is -0.132. The molecule has 3 rings (SSSR count). The number of ether oxygens (including phenoxy) is 1. The summed E-state index contributed by atoms with van der Waals surface area (Å²) in [5, 5.41) is 0. The Morgan fingerprint density at radius 1 is 1.21 bits per heavy atom. The largest absolute Gasteiger partial charge is 0.494 e. The third-order valence-corrected chi connectivity index (χ3v) is 6.25. The highest BCUT2D eigenvalue weighted by Gasteiger charge is 2.33. The summed E-state index contributed by atoms with van der Waals surface area (Å²) in [6, 6.07) is 12.6. The smallest absolute Gasteiger partial charge is 0.223 e. The van der Waals surface area contributed by atoms with E-state index in [0.29, 0.717) is 37.7 Å². The minimum atomic E-state index is -3.23. The van der Waals surface area contributed by atoms with Gasteiger partial charge in [0.2, 0.25) is 5.91 Å². The summed E-state index contributed by atoms with van der Waals surface area (Å²) in [6.07, 6.45) is 2.89. The number of carbonyl (C=O) groups excluding carboxylic acids is 1. The third kappa shape index (κ3) is 5.56. The van der Waals surface area contributed by atoms with Gasteiger partial charge in [0.25, 0.3) is 0 Å². The van der Waals surface area contributed by atoms with Crippen LogP contribution in [0.25, 0.3) is 0 Å². The molecule has 0 saturated carbocycles. The zero-order valence-electron chi connectivity index (χ0n) is 16.7. The molecule has 2 atom stereocenters. The molecule has 29 heavy (non-hydrogen) atoms. The van der Waals surface area contributed by atoms with E-state index in [2.05, 4.69) is 6.92 Å². The summed E-state index contributed by atoms with van der Waals surface area (Å²) in [5.74, 6) is 0.693. The zero-order chi connectivity index (χ0) is 21.0. The molecule has 1 saturated heterocycles. The molecule has 0 N–H and O–H groups in total. The predicted octanol–water partition coefficient (Wildman–Crippen LogP) is 4.00. The molecular weight excluding hydrogens is 393 g/mol. The Morgan fingerprint density at radius 2 is 1.93 bits per heavy atom. The van der Waals surface area contributed by atoms with Gasteiger partial charge in [-0.15, -0.1) is 0 Å². The summed E-state index contributed by atoms with van der Waals surface area (Å²) < 4.78 is 42.2. The van der Waals surface area contributed by atoms with Crippen LogP contribution in [0.3, 0.4) is 0 Å². The fourth-order valence-electron chi connectivity index (χ4n) is 3.69. The number of rotatable bonds is 7. The molecule has 1 heterocycles. The van der Waals surface area contributed by atoms with Gasteiger partial charge in [0.05, 0.1) is 17.5 Å². The van der Waals surface area contributed by atoms with E-state index in [-0.39, 0.29) is 22.7 Å². The topological polar surface area (TPSA) is 63.7 Å². The van der Waals surface area contributed by atoms with Gasteiger partial charge in [0, 0.05) is 19.2 Å². The molecule has 1 aliphatic heterocycles. The molecule has 7 heteroatoms. The van der Waals surface area contributed by atoms with Gasteiger partial charge < -0.3 is 9.64 Å². The first kappa shape index (κ1) is 21.3. The highest BCUT2D eigenvalue weighted by molar-refractivity contribution is 7.90. The summed E-state index contributed by atoms with van der Waals surface area (Å²) >= 11 is 0. The van der Waals surface area contributed by atoms with Crippen LogP contribution in [-0.4, -0.2) is 38.6 Å². The van der Waals surface area contributed by atoms with Crippen LogP contribution in [0.2, 0.25) is 0 Å². The summed E-state index contributed by atoms with van der Waals surface area (Å²) in [7, 11) is -3.23. The molecule has 2 aromatic carbocycles. The maximum atomic E-state index is 13.6. The van der Waals surface area contributed by atoms with Crippen molar-refractivity contribution < 1.29 is 22.3 Å². The first-order chi connectivity index (χ1) is 13.7. The molecule has 1 amide bonds. The van der Waals surface area contributed by atoms with E-state index in [1.165, 1.54) is 24.3 Å². The van der Waals surface area contributed by atoms with Gasteiger partial charge in [0.15, 0.2) is 9.84 Å². The number of sulfone groups is 1. The first-order valence-corrected chi connectivity index (χ1v) is 11.6. The molecule has 156 valence electrons. The van der Waals surface area contributed by atoms with Gasteiger partial charge >= 0.3 is 0 Å². The van der Waals surface area contributed by atoms with Crippen molar-refractivity contribution in [1.29, 1.82) is 0 Å². The van der Waals surface area contributed by atoms with Crippen LogP contribution in [-0.2, 0) is 14.6 Å². The molecule has 5 nitrogen and oxygen atoms in total. The SMILES string of the molecule is CC1CC(c2cccc(F)c2)N(C(=O)CCCOc2ccc(S(C)(=O)=O)cc2)C1. The minimum Gasteiger partial charge on any atom is -0.494 e. The van der Waals surface area contributed by atoms with Gasteiger partial charge in [-0.25, -0.2) is 12.8 Å². The van der Waals surface area contributed by atoms with Crippen molar-refractivity contribution in [1.82, 2.24) is 4.90 Å². The van der Waals surface area contributed by atoms with Crippen LogP contribution in [0, 0.1) is 11.7 Å². The Hall–Kier alpha value is -2.41. The second-order valence-corrected chi connectivity index (χ2v) is 9.67. The molecule has 1 fully saturated rings. The number of hydrogen-bond donors (Lipinski definition) is 0. The van der Waals surface area contributed by atoms with E-state index in [4.69, 9.17) is 4.74 Å². The number of nitrogens with zero attached hydrogens (tertiary/aromatic N) is 1. The molecule has 1 aliphatic rings. The van der Waals surface area contributed by atoms with Crippen molar-refractivity contribution >= 4 is 15.7 Å². The molecule has 0 bridgehead atoms. The fraction of sp³-hybridized carbons (Fsp3) is 0.409. The van der Waals surface area contributed by atoms with Crippen LogP contribution in [0.15, 0.2) is 53.4 Å². The molecular formula is C22H26FNO4S. The van der Waals surface area contributed by atoms with Gasteiger partial charge in [0.1, 0.15) is 11.6 Å². The summed E-state index contributed by atoms with van der Waals surface area (Å²) in [6.45, 7) is 3.13. The molecule has 2 aromatic rings. The van der Waals surface area contributed by atoms with Crippen molar-refractivity contribution in [2.45, 2.75) is 37.1 Å². The number of halogens is 1. The molecule has 0 radical (unpaired) electrons. The van der Waals surface area contributed by atoms with E-state index in [1.807, 2.05) is 11.0 Å². The van der Waals surface area contributed by atoms with Crippen molar-refractivity contribution in [2.75, 3.05) is 19.4 Å². The summed E-state index contributed by atoms with van der Waals surface area (Å²) in [5.41, 5.74) is 0.838. The van der Waals surface area contributed by atoms with Crippen LogP contribution in [0.1, 0.15) is 37.8 Å². The lowest BCUT2D eigenvalue weighted by atomic mass is 10.0. The maximum Gasteiger partial charge on any atom is 0.223 e. The van der Waals surface area contributed by atoms with Crippen molar-refractivity contribution in [3.05, 3.63) is 59.9 Å². The van der Waals surface area contributed by atoms with Gasteiger partial charge in [-0.3, -0.25) is 4.79 Å². The highest BCUT2D eigenvalue weighted by atomic mass is 32.2. The van der Waals surface area contributed by atoms with E-state index in [1.54, 1.807) is 18.2 Å². The Labute approximate surface area is 171 Å². The van der Waals surface area contributed by atoms with Crippen molar-refractivity contribution in [3.8, 4) is 5.75 Å². The fourth-order valence-corrected chi connectivity index (χ4v) is 4.32. The normalized spacial score (nSPS) is 19.3. The zero-order valence-corrected chi connectivity index (χ0v) is 17.5. The maximum absolute atomic E-state index is 13.6. The second kappa shape index (κ2) is 8.95. The molecule has 2 unspecified atom stereocenters. The van der Waals surface area contributed by atoms with Gasteiger partial charge in [-0.05, 0) is 60.7 Å². The average Bonchev–Trinajstić information content (AvgIpc) is 3.07. The van der Waals surface area contributed by atoms with Crippen LogP contribution >= 0.6 is 0 Å². The van der Waals surface area contributed by atoms with Crippen LogP contribution in [0.5, 0.6) is 5.75 Å². The highest BCUT2D eigenvalue weighted by Crippen LogP contribution is 2.36. The summed E-state index contributed by atoms with van der Waals surface area (Å²) in [4.78, 5) is 14.8. The number of likely N-dealkylation sites (tertiary alicyclic amines) is 1. The third-order valence-electron chi connectivity index (χ3n) is 5.12. The Morgan fingerprint density at radius 3 is 2.59 bits per heavy atom. The minimum absolute atomic E-state index is 0.0413. The van der Waals surface area contributed by atoms with Gasteiger partial charge in [-0.2, -0.15) is 0 Å². The number of hydrogen-bond acceptors (Lipinski definition) is 4. The Balaban J connectivity index is 1.52. The van der Waals surface area contributed by atoms with E-state index in [0.717, 1.165) is 18.2 Å². The van der Waals surface area contributed by atoms with Crippen molar-refractivity contribution in [3.63, 3.8) is 0 Å². The van der Waals surface area contributed by atoms with E-state index < -0.39 is 9.84 Å². The predicted molar refractivity (Wildman–Crippen MR) is 109 cm³/mol. The number of benzene rings is 2. The Kier molecular flexibility index (Phi) is 6.57. The van der Waals surface area contributed by atoms with E-state index in [9.17, 15) is 17.6 Å². The number of amides is 1. The second-order valence-electron chi connectivity index (χ2n) is 7.65. The standard InChI is InChI=1S/C22H26FNO4S/c1-16-13-21(17-5-3-6-18(23)14-17)24(15-16)22(25)7-4-12-28-19-8-10-20(11-9-19)29(2,26)27/h3,5-6,8-11,14,16,21H,4,7,12-13,15H2,1-2H3. The molecule has 0 aliphatic carbocycles. The van der Waals surface area contributed by atoms with Crippen LogP contribution in [0.4, 0.5) is 4.39 Å². The van der Waals surface area contributed by atoms with Gasteiger partial charge in [-0.1, -0.05) is 19.1 Å². The monoisotopic (exact) mass is 419 g/mol. The average molecular weight is 420 g/mol. The lowest BCUT2D eigenvalue weighted by Crippen LogP contribution is -2.31. The lowest BCUT2D eigenvalue weighted by Gasteiger charge is -2.25. The van der Waals surface area contributed by atoms with Crippen molar-refractivity contribution in [2.24, 2.45) is 5.92 Å². The number of carbonyl (C=O) groups is 1. The Bertz CT molecular complexity index is 959.